The van der Waals surface area contributed by atoms with E-state index in [1.54, 1.807) is 0 Å². The molecule has 5 rings (SSSR count). The molecule has 1 aliphatic carbocycles. The summed E-state index contributed by atoms with van der Waals surface area (Å²) in [7, 11) is 0. The molecule has 2 aliphatic rings. The number of aromatic nitrogens is 3. The van der Waals surface area contributed by atoms with Crippen molar-refractivity contribution in [2.75, 3.05) is 18.0 Å². The third-order valence-electron chi connectivity index (χ3n) is 7.12. The SMILES string of the molecule is Cc1nc(N2CCC(O[C@H]3CC[C@H](CC(=O)O)CC3)CC2)ccc1-c1nc2ccccc2[nH]1. The number of benzene rings is 1. The van der Waals surface area contributed by atoms with Crippen LogP contribution < -0.4 is 4.90 Å². The van der Waals surface area contributed by atoms with E-state index in [4.69, 9.17) is 19.8 Å². The van der Waals surface area contributed by atoms with E-state index in [-0.39, 0.29) is 12.2 Å². The van der Waals surface area contributed by atoms with E-state index < -0.39 is 5.97 Å². The maximum absolute atomic E-state index is 10.9. The molecular formula is C26H32N4O3. The van der Waals surface area contributed by atoms with Gasteiger partial charge in [0.25, 0.3) is 0 Å². The lowest BCUT2D eigenvalue weighted by Crippen LogP contribution is -2.39. The molecule has 3 heterocycles. The van der Waals surface area contributed by atoms with Gasteiger partial charge in [-0.3, -0.25) is 4.79 Å². The van der Waals surface area contributed by atoms with Crippen LogP contribution in [0.25, 0.3) is 22.4 Å². The summed E-state index contributed by atoms with van der Waals surface area (Å²) >= 11 is 0. The average molecular weight is 449 g/mol. The molecule has 0 unspecified atom stereocenters. The van der Waals surface area contributed by atoms with Crippen LogP contribution in [0.3, 0.4) is 0 Å². The van der Waals surface area contributed by atoms with Crippen molar-refractivity contribution in [3.63, 3.8) is 0 Å². The van der Waals surface area contributed by atoms with Gasteiger partial charge in [-0.2, -0.15) is 0 Å². The van der Waals surface area contributed by atoms with E-state index in [1.165, 1.54) is 0 Å². The van der Waals surface area contributed by atoms with Crippen molar-refractivity contribution in [2.24, 2.45) is 5.92 Å². The van der Waals surface area contributed by atoms with Gasteiger partial charge in [-0.05, 0) is 75.6 Å². The molecule has 174 valence electrons. The number of piperidine rings is 1. The Morgan fingerprint density at radius 3 is 2.45 bits per heavy atom. The van der Waals surface area contributed by atoms with Crippen LogP contribution >= 0.6 is 0 Å². The van der Waals surface area contributed by atoms with Crippen LogP contribution in [0, 0.1) is 12.8 Å². The van der Waals surface area contributed by atoms with E-state index in [9.17, 15) is 4.79 Å². The lowest BCUT2D eigenvalue weighted by molar-refractivity contribution is -0.138. The molecule has 7 heteroatoms. The van der Waals surface area contributed by atoms with Crippen molar-refractivity contribution in [2.45, 2.75) is 64.1 Å². The van der Waals surface area contributed by atoms with Gasteiger partial charge in [-0.25, -0.2) is 9.97 Å². The fourth-order valence-electron chi connectivity index (χ4n) is 5.27. The molecule has 0 radical (unpaired) electrons. The number of para-hydroxylation sites is 2. The molecule has 1 saturated carbocycles. The molecule has 2 fully saturated rings. The third-order valence-corrected chi connectivity index (χ3v) is 7.12. The van der Waals surface area contributed by atoms with Crippen molar-refractivity contribution in [3.8, 4) is 11.4 Å². The van der Waals surface area contributed by atoms with E-state index in [0.29, 0.717) is 12.3 Å². The van der Waals surface area contributed by atoms with Gasteiger partial charge in [0.15, 0.2) is 0 Å². The van der Waals surface area contributed by atoms with Crippen molar-refractivity contribution in [3.05, 3.63) is 42.1 Å². The number of aliphatic carboxylic acids is 1. The predicted molar refractivity (Wildman–Crippen MR) is 128 cm³/mol. The minimum absolute atomic E-state index is 0.287. The molecule has 1 aliphatic heterocycles. The summed E-state index contributed by atoms with van der Waals surface area (Å²) < 4.78 is 6.39. The Balaban J connectivity index is 1.15. The van der Waals surface area contributed by atoms with Gasteiger partial charge < -0.3 is 19.7 Å². The van der Waals surface area contributed by atoms with Crippen LogP contribution in [0.4, 0.5) is 5.82 Å². The zero-order valence-corrected chi connectivity index (χ0v) is 19.2. The summed E-state index contributed by atoms with van der Waals surface area (Å²) in [5, 5.41) is 8.99. The highest BCUT2D eigenvalue weighted by Crippen LogP contribution is 2.31. The molecule has 7 nitrogen and oxygen atoms in total. The number of hydrogen-bond donors (Lipinski definition) is 2. The standard InChI is InChI=1S/C26H32N4O3/c1-17-21(26-28-22-4-2-3-5-23(22)29-26)10-11-24(27-17)30-14-12-20(13-15-30)33-19-8-6-18(7-9-19)16-25(31)32/h2-5,10-11,18-20H,6-9,12-16H2,1H3,(H,28,29)(H,31,32)/t18-,19-. The van der Waals surface area contributed by atoms with Crippen molar-refractivity contribution >= 4 is 22.8 Å². The molecule has 1 aromatic carbocycles. The number of ether oxygens (including phenoxy) is 1. The molecule has 33 heavy (non-hydrogen) atoms. The van der Waals surface area contributed by atoms with Crippen molar-refractivity contribution < 1.29 is 14.6 Å². The normalized spacial score (nSPS) is 22.0. The number of H-pyrrole nitrogens is 1. The van der Waals surface area contributed by atoms with Gasteiger partial charge in [0.05, 0.1) is 28.9 Å². The van der Waals surface area contributed by atoms with Gasteiger partial charge >= 0.3 is 5.97 Å². The first-order chi connectivity index (χ1) is 16.0. The number of imidazole rings is 1. The Morgan fingerprint density at radius 1 is 1.03 bits per heavy atom. The summed E-state index contributed by atoms with van der Waals surface area (Å²) in [5.41, 5.74) is 4.01. The largest absolute Gasteiger partial charge is 0.481 e. The summed E-state index contributed by atoms with van der Waals surface area (Å²) in [6.07, 6.45) is 6.79. The van der Waals surface area contributed by atoms with Gasteiger partial charge in [0, 0.05) is 25.1 Å². The quantitative estimate of drug-likeness (QED) is 0.554. The summed E-state index contributed by atoms with van der Waals surface area (Å²) in [4.78, 5) is 26.3. The first-order valence-corrected chi connectivity index (χ1v) is 12.1. The summed E-state index contributed by atoms with van der Waals surface area (Å²) in [6, 6.07) is 12.3. The first-order valence-electron chi connectivity index (χ1n) is 12.1. The maximum Gasteiger partial charge on any atom is 0.303 e. The second-order valence-corrected chi connectivity index (χ2v) is 9.47. The molecule has 0 atom stereocenters. The highest BCUT2D eigenvalue weighted by Gasteiger charge is 2.28. The van der Waals surface area contributed by atoms with Gasteiger partial charge in [0.1, 0.15) is 11.6 Å². The second kappa shape index (κ2) is 9.51. The molecule has 0 amide bonds. The smallest absolute Gasteiger partial charge is 0.303 e. The highest BCUT2D eigenvalue weighted by atomic mass is 16.5. The molecule has 0 bridgehead atoms. The number of aromatic amines is 1. The number of carboxylic acid groups (broad SMARTS) is 1. The fourth-order valence-corrected chi connectivity index (χ4v) is 5.27. The Bertz CT molecular complexity index is 1080. The summed E-state index contributed by atoms with van der Waals surface area (Å²) in [6.45, 7) is 3.92. The van der Waals surface area contributed by atoms with Crippen LogP contribution in [0.2, 0.25) is 0 Å². The average Bonchev–Trinajstić information content (AvgIpc) is 3.24. The Hall–Kier alpha value is -2.93. The van der Waals surface area contributed by atoms with Gasteiger partial charge in [-0.15, -0.1) is 0 Å². The monoisotopic (exact) mass is 448 g/mol. The van der Waals surface area contributed by atoms with E-state index in [2.05, 4.69) is 22.0 Å². The molecule has 1 saturated heterocycles. The summed E-state index contributed by atoms with van der Waals surface area (Å²) in [5.74, 6) is 1.51. The number of anilines is 1. The third kappa shape index (κ3) is 5.03. The fraction of sp³-hybridized carbons (Fsp3) is 0.500. The van der Waals surface area contributed by atoms with Crippen LogP contribution in [-0.2, 0) is 9.53 Å². The predicted octanol–water partition coefficient (Wildman–Crippen LogP) is 4.95. The van der Waals surface area contributed by atoms with E-state index in [0.717, 1.165) is 85.5 Å². The number of pyridine rings is 1. The Morgan fingerprint density at radius 2 is 1.76 bits per heavy atom. The number of aryl methyl sites for hydroxylation is 1. The van der Waals surface area contributed by atoms with Crippen LogP contribution in [-0.4, -0.2) is 51.3 Å². The highest BCUT2D eigenvalue weighted by molar-refractivity contribution is 5.79. The van der Waals surface area contributed by atoms with Crippen LogP contribution in [0.15, 0.2) is 36.4 Å². The number of nitrogens with zero attached hydrogens (tertiary/aromatic N) is 3. The number of carboxylic acids is 1. The Kier molecular flexibility index (Phi) is 6.31. The Labute approximate surface area is 194 Å². The molecular weight excluding hydrogens is 416 g/mol. The van der Waals surface area contributed by atoms with Gasteiger partial charge in [0.2, 0.25) is 0 Å². The topological polar surface area (TPSA) is 91.3 Å². The van der Waals surface area contributed by atoms with Gasteiger partial charge in [-0.1, -0.05) is 12.1 Å². The van der Waals surface area contributed by atoms with E-state index in [1.807, 2.05) is 31.2 Å². The lowest BCUT2D eigenvalue weighted by atomic mass is 9.85. The van der Waals surface area contributed by atoms with E-state index >= 15 is 0 Å². The minimum atomic E-state index is -0.679. The molecule has 3 aromatic rings. The molecule has 2 aromatic heterocycles. The lowest BCUT2D eigenvalue weighted by Gasteiger charge is -2.36. The first kappa shape index (κ1) is 21.9. The maximum atomic E-state index is 10.9. The molecule has 2 N–H and O–H groups in total. The van der Waals surface area contributed by atoms with Crippen LogP contribution in [0.1, 0.15) is 50.6 Å². The molecule has 0 spiro atoms. The number of rotatable bonds is 6. The zero-order chi connectivity index (χ0) is 22.8. The second-order valence-electron chi connectivity index (χ2n) is 9.47. The number of fused-ring (bicyclic) bond motifs is 1. The zero-order valence-electron chi connectivity index (χ0n) is 19.2. The van der Waals surface area contributed by atoms with Crippen molar-refractivity contribution in [1.82, 2.24) is 15.0 Å². The number of nitrogens with one attached hydrogen (secondary N) is 1. The van der Waals surface area contributed by atoms with Crippen molar-refractivity contribution in [1.29, 1.82) is 0 Å². The number of hydrogen-bond acceptors (Lipinski definition) is 5. The minimum Gasteiger partial charge on any atom is -0.481 e. The van der Waals surface area contributed by atoms with Crippen LogP contribution in [0.5, 0.6) is 0 Å². The number of carbonyl (C=O) groups is 1.